The average Bonchev–Trinajstić information content (AvgIpc) is 2.91. The lowest BCUT2D eigenvalue weighted by molar-refractivity contribution is -0.137. The number of anilines is 1. The van der Waals surface area contributed by atoms with Gasteiger partial charge in [-0.3, -0.25) is 4.79 Å². The predicted octanol–water partition coefficient (Wildman–Crippen LogP) is 4.52. The fourth-order valence-electron chi connectivity index (χ4n) is 1.70. The lowest BCUT2D eigenvalue weighted by Gasteiger charge is -2.11. The number of furan rings is 1. The summed E-state index contributed by atoms with van der Waals surface area (Å²) in [6.07, 6.45) is -2.56. The van der Waals surface area contributed by atoms with Crippen molar-refractivity contribution in [3.8, 4) is 0 Å². The number of hydrogen-bond acceptors (Lipinski definition) is 2. The summed E-state index contributed by atoms with van der Waals surface area (Å²) in [6, 6.07) is 6.18. The summed E-state index contributed by atoms with van der Waals surface area (Å²) in [6.45, 7) is 0. The highest BCUT2D eigenvalue weighted by molar-refractivity contribution is 6.33. The molecule has 1 heterocycles. The Bertz CT molecular complexity index is 624. The lowest BCUT2D eigenvalue weighted by atomic mass is 10.2. The highest BCUT2D eigenvalue weighted by Gasteiger charge is 2.31. The van der Waals surface area contributed by atoms with Gasteiger partial charge in [0.1, 0.15) is 5.76 Å². The summed E-state index contributed by atoms with van der Waals surface area (Å²) >= 11 is 5.79. The van der Waals surface area contributed by atoms with Gasteiger partial charge in [0, 0.05) is 12.8 Å². The first kappa shape index (κ1) is 15.4. The summed E-state index contributed by atoms with van der Waals surface area (Å²) < 4.78 is 42.9. The zero-order chi connectivity index (χ0) is 15.5. The molecule has 0 aliphatic rings. The van der Waals surface area contributed by atoms with E-state index in [9.17, 15) is 18.0 Å². The minimum absolute atomic E-state index is 0.0503. The van der Waals surface area contributed by atoms with Crippen LogP contribution in [0.3, 0.4) is 0 Å². The topological polar surface area (TPSA) is 42.2 Å². The van der Waals surface area contributed by atoms with E-state index in [0.29, 0.717) is 12.2 Å². The zero-order valence-electron chi connectivity index (χ0n) is 10.7. The van der Waals surface area contributed by atoms with Crippen LogP contribution in [0.5, 0.6) is 0 Å². The number of nitrogens with one attached hydrogen (secondary N) is 1. The van der Waals surface area contributed by atoms with Gasteiger partial charge in [0.2, 0.25) is 5.91 Å². The second-order valence-corrected chi connectivity index (χ2v) is 4.73. The van der Waals surface area contributed by atoms with Gasteiger partial charge in [-0.25, -0.2) is 0 Å². The van der Waals surface area contributed by atoms with Crippen molar-refractivity contribution < 1.29 is 22.4 Å². The van der Waals surface area contributed by atoms with Crippen molar-refractivity contribution in [1.29, 1.82) is 0 Å². The van der Waals surface area contributed by atoms with Gasteiger partial charge in [-0.2, -0.15) is 13.2 Å². The number of alkyl halides is 3. The van der Waals surface area contributed by atoms with Crippen molar-refractivity contribution in [2.45, 2.75) is 19.0 Å². The molecule has 0 unspecified atom stereocenters. The Balaban J connectivity index is 2.03. The fraction of sp³-hybridized carbons (Fsp3) is 0.214. The lowest BCUT2D eigenvalue weighted by Crippen LogP contribution is -2.14. The van der Waals surface area contributed by atoms with E-state index in [1.54, 1.807) is 12.1 Å². The van der Waals surface area contributed by atoms with Crippen LogP contribution >= 0.6 is 11.6 Å². The Kier molecular flexibility index (Phi) is 4.57. The van der Waals surface area contributed by atoms with Gasteiger partial charge in [-0.05, 0) is 30.3 Å². The molecule has 2 rings (SSSR count). The molecule has 1 amide bonds. The van der Waals surface area contributed by atoms with E-state index in [4.69, 9.17) is 16.0 Å². The van der Waals surface area contributed by atoms with E-state index in [0.717, 1.165) is 18.2 Å². The van der Waals surface area contributed by atoms with Crippen LogP contribution in [0.15, 0.2) is 41.0 Å². The molecule has 0 atom stereocenters. The van der Waals surface area contributed by atoms with Gasteiger partial charge in [-0.1, -0.05) is 11.6 Å². The maximum Gasteiger partial charge on any atom is 0.416 e. The molecule has 0 radical (unpaired) electrons. The van der Waals surface area contributed by atoms with E-state index in [2.05, 4.69) is 5.32 Å². The van der Waals surface area contributed by atoms with Gasteiger partial charge >= 0.3 is 6.18 Å². The highest BCUT2D eigenvalue weighted by atomic mass is 35.5. The van der Waals surface area contributed by atoms with Crippen LogP contribution in [0.25, 0.3) is 0 Å². The Hall–Kier alpha value is -1.95. The normalized spacial score (nSPS) is 11.4. The van der Waals surface area contributed by atoms with Gasteiger partial charge in [0.25, 0.3) is 0 Å². The van der Waals surface area contributed by atoms with Crippen LogP contribution in [0.2, 0.25) is 5.02 Å². The molecule has 1 aromatic carbocycles. The molecule has 0 spiro atoms. The summed E-state index contributed by atoms with van der Waals surface area (Å²) in [5, 5.41) is 2.42. The smallest absolute Gasteiger partial charge is 0.416 e. The third-order valence-corrected chi connectivity index (χ3v) is 3.08. The van der Waals surface area contributed by atoms with E-state index < -0.39 is 17.6 Å². The number of benzene rings is 1. The molecule has 1 N–H and O–H groups in total. The number of carbonyl (C=O) groups is 1. The number of amides is 1. The van der Waals surface area contributed by atoms with Crippen LogP contribution in [0.4, 0.5) is 18.9 Å². The molecular formula is C14H11ClF3NO2. The number of carbonyl (C=O) groups excluding carboxylic acids is 1. The Morgan fingerprint density at radius 1 is 1.29 bits per heavy atom. The Morgan fingerprint density at radius 3 is 2.67 bits per heavy atom. The van der Waals surface area contributed by atoms with Crippen LogP contribution in [-0.2, 0) is 17.4 Å². The summed E-state index contributed by atoms with van der Waals surface area (Å²) in [7, 11) is 0. The summed E-state index contributed by atoms with van der Waals surface area (Å²) in [4.78, 5) is 11.7. The molecule has 0 aliphatic heterocycles. The molecule has 112 valence electrons. The van der Waals surface area contributed by atoms with Gasteiger partial charge in [0.05, 0.1) is 22.5 Å². The van der Waals surface area contributed by atoms with Crippen molar-refractivity contribution in [1.82, 2.24) is 0 Å². The van der Waals surface area contributed by atoms with E-state index >= 15 is 0 Å². The van der Waals surface area contributed by atoms with Crippen LogP contribution < -0.4 is 5.32 Å². The third kappa shape index (κ3) is 4.26. The van der Waals surface area contributed by atoms with E-state index in [1.807, 2.05) is 0 Å². The molecule has 0 fully saturated rings. The second-order valence-electron chi connectivity index (χ2n) is 4.32. The molecule has 0 saturated heterocycles. The predicted molar refractivity (Wildman–Crippen MR) is 72.1 cm³/mol. The first-order valence-electron chi connectivity index (χ1n) is 6.05. The Morgan fingerprint density at radius 2 is 2.05 bits per heavy atom. The van der Waals surface area contributed by atoms with Crippen molar-refractivity contribution >= 4 is 23.2 Å². The molecule has 0 bridgehead atoms. The van der Waals surface area contributed by atoms with Crippen molar-refractivity contribution in [3.63, 3.8) is 0 Å². The molecule has 21 heavy (non-hydrogen) atoms. The molecular weight excluding hydrogens is 307 g/mol. The molecule has 3 nitrogen and oxygen atoms in total. The standard InChI is InChI=1S/C14H11ClF3NO2/c15-11-5-3-9(14(16,17)18)8-12(11)19-13(20)6-4-10-2-1-7-21-10/h1-3,5,7-8H,4,6H2,(H,19,20). The number of rotatable bonds is 4. The Labute approximate surface area is 123 Å². The van der Waals surface area contributed by atoms with E-state index in [-0.39, 0.29) is 17.1 Å². The number of aryl methyl sites for hydroxylation is 1. The monoisotopic (exact) mass is 317 g/mol. The minimum atomic E-state index is -4.49. The molecule has 0 saturated carbocycles. The molecule has 7 heteroatoms. The molecule has 0 aliphatic carbocycles. The van der Waals surface area contributed by atoms with Gasteiger partial charge < -0.3 is 9.73 Å². The van der Waals surface area contributed by atoms with Crippen molar-refractivity contribution in [3.05, 3.63) is 52.9 Å². The molecule has 2 aromatic rings. The van der Waals surface area contributed by atoms with Crippen molar-refractivity contribution in [2.24, 2.45) is 0 Å². The highest BCUT2D eigenvalue weighted by Crippen LogP contribution is 2.33. The van der Waals surface area contributed by atoms with Crippen LogP contribution in [0, 0.1) is 0 Å². The van der Waals surface area contributed by atoms with Crippen LogP contribution in [0.1, 0.15) is 17.7 Å². The second kappa shape index (κ2) is 6.22. The fourth-order valence-corrected chi connectivity index (χ4v) is 1.87. The zero-order valence-corrected chi connectivity index (χ0v) is 11.5. The maximum absolute atomic E-state index is 12.6. The first-order chi connectivity index (χ1) is 9.86. The van der Waals surface area contributed by atoms with E-state index in [1.165, 1.54) is 6.26 Å². The third-order valence-electron chi connectivity index (χ3n) is 2.75. The maximum atomic E-state index is 12.6. The largest absolute Gasteiger partial charge is 0.469 e. The summed E-state index contributed by atoms with van der Waals surface area (Å²) in [5.41, 5.74) is -0.927. The first-order valence-corrected chi connectivity index (χ1v) is 6.43. The summed E-state index contributed by atoms with van der Waals surface area (Å²) in [5.74, 6) is 0.188. The quantitative estimate of drug-likeness (QED) is 0.900. The van der Waals surface area contributed by atoms with Crippen LogP contribution in [-0.4, -0.2) is 5.91 Å². The van der Waals surface area contributed by atoms with Gasteiger partial charge in [-0.15, -0.1) is 0 Å². The van der Waals surface area contributed by atoms with Gasteiger partial charge in [0.15, 0.2) is 0 Å². The number of hydrogen-bond donors (Lipinski definition) is 1. The average molecular weight is 318 g/mol. The number of halogens is 4. The molecule has 1 aromatic heterocycles. The SMILES string of the molecule is O=C(CCc1ccco1)Nc1cc(C(F)(F)F)ccc1Cl. The van der Waals surface area contributed by atoms with Crippen molar-refractivity contribution in [2.75, 3.05) is 5.32 Å². The minimum Gasteiger partial charge on any atom is -0.469 e.